The van der Waals surface area contributed by atoms with E-state index in [9.17, 15) is 9.90 Å². The highest BCUT2D eigenvalue weighted by atomic mass is 35.5. The van der Waals surface area contributed by atoms with Crippen LogP contribution in [0.1, 0.15) is 28.8 Å². The summed E-state index contributed by atoms with van der Waals surface area (Å²) in [6.07, 6.45) is 1.05. The minimum atomic E-state index is -0.264. The first kappa shape index (κ1) is 12.4. The van der Waals surface area contributed by atoms with Crippen molar-refractivity contribution in [1.29, 1.82) is 0 Å². The monoisotopic (exact) mass is 253 g/mol. The first-order valence-corrected chi connectivity index (χ1v) is 6.20. The van der Waals surface area contributed by atoms with Crippen molar-refractivity contribution in [2.75, 3.05) is 13.1 Å². The molecule has 0 bridgehead atoms. The molecule has 2 rings (SSSR count). The van der Waals surface area contributed by atoms with Crippen molar-refractivity contribution in [1.82, 2.24) is 4.90 Å². The summed E-state index contributed by atoms with van der Waals surface area (Å²) in [6.45, 7) is 3.09. The molecule has 1 fully saturated rings. The van der Waals surface area contributed by atoms with Gasteiger partial charge in [0.05, 0.1) is 6.10 Å². The van der Waals surface area contributed by atoms with Gasteiger partial charge in [0.2, 0.25) is 0 Å². The summed E-state index contributed by atoms with van der Waals surface area (Å²) in [5.74, 6) is 0.0110. The quantitative estimate of drug-likeness (QED) is 0.834. The largest absolute Gasteiger partial charge is 0.393 e. The number of hydrogen-bond donors (Lipinski definition) is 1. The Kier molecular flexibility index (Phi) is 3.69. The highest BCUT2D eigenvalue weighted by molar-refractivity contribution is 6.31. The molecule has 1 heterocycles. The average Bonchev–Trinajstić information content (AvgIpc) is 2.33. The van der Waals surface area contributed by atoms with Gasteiger partial charge in [-0.1, -0.05) is 17.7 Å². The van der Waals surface area contributed by atoms with Crippen molar-refractivity contribution in [3.8, 4) is 0 Å². The molecule has 1 aromatic carbocycles. The topological polar surface area (TPSA) is 40.5 Å². The molecule has 0 atom stereocenters. The van der Waals surface area contributed by atoms with E-state index >= 15 is 0 Å². The van der Waals surface area contributed by atoms with E-state index in [0.717, 1.165) is 5.56 Å². The number of carbonyl (C=O) groups excluding carboxylic acids is 1. The first-order valence-electron chi connectivity index (χ1n) is 5.82. The van der Waals surface area contributed by atoms with E-state index in [-0.39, 0.29) is 12.0 Å². The van der Waals surface area contributed by atoms with Crippen LogP contribution < -0.4 is 0 Å². The van der Waals surface area contributed by atoms with Crippen LogP contribution in [-0.4, -0.2) is 35.1 Å². The maximum atomic E-state index is 12.3. The summed E-state index contributed by atoms with van der Waals surface area (Å²) in [5, 5.41) is 10.0. The fraction of sp³-hybridized carbons (Fsp3) is 0.462. The minimum absolute atomic E-state index is 0.0110. The maximum absolute atomic E-state index is 12.3. The number of amides is 1. The summed E-state index contributed by atoms with van der Waals surface area (Å²) < 4.78 is 0. The van der Waals surface area contributed by atoms with Gasteiger partial charge < -0.3 is 10.0 Å². The molecule has 0 aromatic heterocycles. The fourth-order valence-corrected chi connectivity index (χ4v) is 2.25. The van der Waals surface area contributed by atoms with Gasteiger partial charge in [-0.05, 0) is 37.5 Å². The average molecular weight is 254 g/mol. The van der Waals surface area contributed by atoms with Crippen LogP contribution in [0.4, 0.5) is 0 Å². The van der Waals surface area contributed by atoms with Gasteiger partial charge in [0.1, 0.15) is 0 Å². The lowest BCUT2D eigenvalue weighted by molar-refractivity contribution is 0.0546. The number of piperidine rings is 1. The normalized spacial score (nSPS) is 17.2. The molecular weight excluding hydrogens is 238 g/mol. The van der Waals surface area contributed by atoms with Gasteiger partial charge in [-0.2, -0.15) is 0 Å². The van der Waals surface area contributed by atoms with Crippen LogP contribution in [-0.2, 0) is 0 Å². The standard InChI is InChI=1S/C13H16ClNO2/c1-9-11(3-2-4-12(9)14)13(17)15-7-5-10(16)6-8-15/h2-4,10,16H,5-8H2,1H3. The molecule has 1 aliphatic rings. The molecule has 1 amide bonds. The van der Waals surface area contributed by atoms with Gasteiger partial charge in [-0.15, -0.1) is 0 Å². The number of nitrogens with zero attached hydrogens (tertiary/aromatic N) is 1. The minimum Gasteiger partial charge on any atom is -0.393 e. The Hall–Kier alpha value is -1.06. The van der Waals surface area contributed by atoms with Crippen LogP contribution >= 0.6 is 11.6 Å². The maximum Gasteiger partial charge on any atom is 0.254 e. The molecule has 0 aliphatic carbocycles. The Morgan fingerprint density at radius 3 is 2.71 bits per heavy atom. The molecule has 0 unspecified atom stereocenters. The highest BCUT2D eigenvalue weighted by Gasteiger charge is 2.23. The molecule has 92 valence electrons. The molecule has 0 radical (unpaired) electrons. The Bertz CT molecular complexity index is 425. The van der Waals surface area contributed by atoms with Gasteiger partial charge >= 0.3 is 0 Å². The molecule has 1 aromatic rings. The van der Waals surface area contributed by atoms with E-state index in [0.29, 0.717) is 36.5 Å². The highest BCUT2D eigenvalue weighted by Crippen LogP contribution is 2.21. The van der Waals surface area contributed by atoms with E-state index in [1.807, 2.05) is 6.92 Å². The van der Waals surface area contributed by atoms with E-state index in [4.69, 9.17) is 11.6 Å². The molecule has 1 saturated heterocycles. The summed E-state index contributed by atoms with van der Waals surface area (Å²) in [6, 6.07) is 5.38. The second kappa shape index (κ2) is 5.07. The zero-order valence-electron chi connectivity index (χ0n) is 9.82. The number of hydrogen-bond acceptors (Lipinski definition) is 2. The number of rotatable bonds is 1. The Labute approximate surface area is 106 Å². The first-order chi connectivity index (χ1) is 8.09. The Morgan fingerprint density at radius 2 is 2.06 bits per heavy atom. The molecule has 3 nitrogen and oxygen atoms in total. The van der Waals surface area contributed by atoms with Crippen LogP contribution in [0.5, 0.6) is 0 Å². The van der Waals surface area contributed by atoms with Gasteiger partial charge in [0, 0.05) is 23.7 Å². The zero-order valence-corrected chi connectivity index (χ0v) is 10.6. The molecule has 1 aliphatic heterocycles. The van der Waals surface area contributed by atoms with Crippen LogP contribution in [0, 0.1) is 6.92 Å². The van der Waals surface area contributed by atoms with Crippen molar-refractivity contribution in [3.05, 3.63) is 34.3 Å². The SMILES string of the molecule is Cc1c(Cl)cccc1C(=O)N1CCC(O)CC1. The number of likely N-dealkylation sites (tertiary alicyclic amines) is 1. The van der Waals surface area contributed by atoms with Crippen molar-refractivity contribution in [2.24, 2.45) is 0 Å². The lowest BCUT2D eigenvalue weighted by Gasteiger charge is -2.30. The van der Waals surface area contributed by atoms with Crippen molar-refractivity contribution in [2.45, 2.75) is 25.9 Å². The van der Waals surface area contributed by atoms with Crippen LogP contribution in [0.3, 0.4) is 0 Å². The predicted octanol–water partition coefficient (Wildman–Crippen LogP) is 2.25. The second-order valence-electron chi connectivity index (χ2n) is 4.44. The molecule has 17 heavy (non-hydrogen) atoms. The van der Waals surface area contributed by atoms with Crippen LogP contribution in [0.15, 0.2) is 18.2 Å². The number of aliphatic hydroxyl groups is 1. The summed E-state index contributed by atoms with van der Waals surface area (Å²) in [7, 11) is 0. The zero-order chi connectivity index (χ0) is 12.4. The van der Waals surface area contributed by atoms with E-state index in [2.05, 4.69) is 0 Å². The summed E-state index contributed by atoms with van der Waals surface area (Å²) in [4.78, 5) is 14.0. The van der Waals surface area contributed by atoms with Gasteiger partial charge in [-0.3, -0.25) is 4.79 Å². The predicted molar refractivity (Wildman–Crippen MR) is 67.3 cm³/mol. The third kappa shape index (κ3) is 2.61. The van der Waals surface area contributed by atoms with Crippen molar-refractivity contribution < 1.29 is 9.90 Å². The Balaban J connectivity index is 2.17. The third-order valence-corrected chi connectivity index (χ3v) is 3.66. The van der Waals surface area contributed by atoms with Crippen molar-refractivity contribution in [3.63, 3.8) is 0 Å². The number of benzene rings is 1. The van der Waals surface area contributed by atoms with Crippen LogP contribution in [0.25, 0.3) is 0 Å². The molecule has 0 spiro atoms. The third-order valence-electron chi connectivity index (χ3n) is 3.25. The van der Waals surface area contributed by atoms with Crippen molar-refractivity contribution >= 4 is 17.5 Å². The Morgan fingerprint density at radius 1 is 1.41 bits per heavy atom. The fourth-order valence-electron chi connectivity index (χ4n) is 2.08. The summed E-state index contributed by atoms with van der Waals surface area (Å²) in [5.41, 5.74) is 1.49. The lowest BCUT2D eigenvalue weighted by Crippen LogP contribution is -2.40. The van der Waals surface area contributed by atoms with Crippen LogP contribution in [0.2, 0.25) is 5.02 Å². The van der Waals surface area contributed by atoms with E-state index in [1.165, 1.54) is 0 Å². The van der Waals surface area contributed by atoms with E-state index in [1.54, 1.807) is 23.1 Å². The molecule has 4 heteroatoms. The van der Waals surface area contributed by atoms with E-state index < -0.39 is 0 Å². The lowest BCUT2D eigenvalue weighted by atomic mass is 10.0. The molecular formula is C13H16ClNO2. The summed E-state index contributed by atoms with van der Waals surface area (Å²) >= 11 is 6.01. The smallest absolute Gasteiger partial charge is 0.254 e. The number of halogens is 1. The van der Waals surface area contributed by atoms with Gasteiger partial charge in [-0.25, -0.2) is 0 Å². The number of carbonyl (C=O) groups is 1. The van der Waals surface area contributed by atoms with Gasteiger partial charge in [0.15, 0.2) is 0 Å². The second-order valence-corrected chi connectivity index (χ2v) is 4.84. The molecule has 0 saturated carbocycles. The number of aliphatic hydroxyl groups excluding tert-OH is 1. The van der Waals surface area contributed by atoms with Gasteiger partial charge in [0.25, 0.3) is 5.91 Å². The molecule has 1 N–H and O–H groups in total.